The smallest absolute Gasteiger partial charge is 0.267 e. The van der Waals surface area contributed by atoms with Gasteiger partial charge in [-0.05, 0) is 0 Å². The fraction of sp³-hybridized carbons (Fsp3) is 0. The van der Waals surface area contributed by atoms with Gasteiger partial charge in [-0.25, -0.2) is 0 Å². The molecule has 1 N–H and O–H groups in total. The van der Waals surface area contributed by atoms with E-state index in [0.717, 1.165) is 0 Å². The average Bonchev–Trinajstić information content (AvgIpc) is 2.55. The van der Waals surface area contributed by atoms with Gasteiger partial charge in [0.05, 0.1) is 0 Å². The highest BCUT2D eigenvalue weighted by Gasteiger charge is 2.07. The Hall–Kier alpha value is -1.74. The molecule has 0 saturated carbocycles. The van der Waals surface area contributed by atoms with Gasteiger partial charge in [0.2, 0.25) is 5.13 Å². The zero-order valence-corrected chi connectivity index (χ0v) is 6.76. The van der Waals surface area contributed by atoms with Crippen molar-refractivity contribution in [1.82, 2.24) is 10.2 Å². The van der Waals surface area contributed by atoms with Crippen LogP contribution in [-0.2, 0) is 4.79 Å². The zero-order chi connectivity index (χ0) is 8.97. The number of nitrogens with zero attached hydrogens (tertiary/aromatic N) is 3. The molecule has 0 fully saturated rings. The minimum atomic E-state index is -0.547. The van der Waals surface area contributed by atoms with E-state index in [1.165, 1.54) is 16.8 Å². The van der Waals surface area contributed by atoms with E-state index in [0.29, 0.717) is 5.13 Å². The summed E-state index contributed by atoms with van der Waals surface area (Å²) in [7, 11) is 0. The largest absolute Gasteiger partial charge is 0.296 e. The number of amides is 1. The molecular weight excluding hydrogens is 176 g/mol. The quantitative estimate of drug-likeness (QED) is 0.532. The molecule has 0 aliphatic heterocycles. The molecular formula is C6H4N4OS. The van der Waals surface area contributed by atoms with Gasteiger partial charge in [0.1, 0.15) is 17.2 Å². The van der Waals surface area contributed by atoms with Gasteiger partial charge in [-0.15, -0.1) is 10.2 Å². The lowest BCUT2D eigenvalue weighted by Gasteiger charge is -1.95. The second-order valence-corrected chi connectivity index (χ2v) is 2.62. The zero-order valence-electron chi connectivity index (χ0n) is 5.94. The summed E-state index contributed by atoms with van der Waals surface area (Å²) in [5.41, 5.74) is 1.33. The van der Waals surface area contributed by atoms with E-state index in [2.05, 4.69) is 22.1 Å². The van der Waals surface area contributed by atoms with Crippen LogP contribution in [0.1, 0.15) is 0 Å². The summed E-state index contributed by atoms with van der Waals surface area (Å²) >= 11 is 1.17. The van der Waals surface area contributed by atoms with Crippen LogP contribution in [-0.4, -0.2) is 16.1 Å². The number of carbonyl (C=O) groups is 1. The molecule has 0 atom stereocenters. The summed E-state index contributed by atoms with van der Waals surface area (Å²) in [5, 5.41) is 18.1. The second-order valence-electron chi connectivity index (χ2n) is 1.79. The topological polar surface area (TPSA) is 78.7 Å². The number of nitriles is 1. The van der Waals surface area contributed by atoms with Gasteiger partial charge in [-0.3, -0.25) is 10.1 Å². The molecule has 1 rings (SSSR count). The van der Waals surface area contributed by atoms with E-state index in [1.807, 2.05) is 0 Å². The minimum absolute atomic E-state index is 0.148. The third kappa shape index (κ3) is 1.87. The van der Waals surface area contributed by atoms with Gasteiger partial charge in [0, 0.05) is 0 Å². The van der Waals surface area contributed by atoms with Crippen LogP contribution in [0.3, 0.4) is 0 Å². The summed E-state index contributed by atoms with van der Waals surface area (Å²) in [6.07, 6.45) is 0. The molecule has 0 aromatic carbocycles. The minimum Gasteiger partial charge on any atom is -0.296 e. The van der Waals surface area contributed by atoms with E-state index in [1.54, 1.807) is 6.07 Å². The fourth-order valence-electron chi connectivity index (χ4n) is 0.451. The predicted molar refractivity (Wildman–Crippen MR) is 43.3 cm³/mol. The summed E-state index contributed by atoms with van der Waals surface area (Å²) < 4.78 is 0. The summed E-state index contributed by atoms with van der Waals surface area (Å²) in [5.74, 6) is -0.547. The highest BCUT2D eigenvalue weighted by molar-refractivity contribution is 7.13. The monoisotopic (exact) mass is 180 g/mol. The highest BCUT2D eigenvalue weighted by atomic mass is 32.1. The Kier molecular flexibility index (Phi) is 2.50. The van der Waals surface area contributed by atoms with Crippen molar-refractivity contribution < 1.29 is 4.79 Å². The molecule has 60 valence electrons. The Balaban J connectivity index is 2.61. The Bertz CT molecular complexity index is 337. The highest BCUT2D eigenvalue weighted by Crippen LogP contribution is 2.08. The van der Waals surface area contributed by atoms with Gasteiger partial charge in [-0.1, -0.05) is 17.9 Å². The molecule has 0 aliphatic rings. The number of anilines is 1. The van der Waals surface area contributed by atoms with Crippen LogP contribution in [0, 0.1) is 11.3 Å². The fourth-order valence-corrected chi connectivity index (χ4v) is 0.891. The van der Waals surface area contributed by atoms with Crippen LogP contribution < -0.4 is 5.32 Å². The van der Waals surface area contributed by atoms with Gasteiger partial charge in [0.15, 0.2) is 0 Å². The van der Waals surface area contributed by atoms with Crippen molar-refractivity contribution in [3.05, 3.63) is 17.7 Å². The maximum atomic E-state index is 10.9. The molecule has 12 heavy (non-hydrogen) atoms. The standard InChI is InChI=1S/C6H4N4OS/c1-4(2-7)5(11)9-6-10-8-3-12-6/h3H,1H2,(H,9,10,11). The Morgan fingerprint density at radius 3 is 3.08 bits per heavy atom. The van der Waals surface area contributed by atoms with E-state index >= 15 is 0 Å². The van der Waals surface area contributed by atoms with Crippen LogP contribution in [0.5, 0.6) is 0 Å². The molecule has 0 saturated heterocycles. The third-order valence-corrected chi connectivity index (χ3v) is 1.60. The van der Waals surface area contributed by atoms with E-state index < -0.39 is 5.91 Å². The normalized spacial score (nSPS) is 8.58. The van der Waals surface area contributed by atoms with Crippen LogP contribution in [0.2, 0.25) is 0 Å². The summed E-state index contributed by atoms with van der Waals surface area (Å²) in [6, 6.07) is 1.63. The molecule has 5 nitrogen and oxygen atoms in total. The molecule has 0 aliphatic carbocycles. The first-order chi connectivity index (χ1) is 5.74. The maximum Gasteiger partial charge on any atom is 0.267 e. The van der Waals surface area contributed by atoms with Crippen molar-refractivity contribution >= 4 is 22.4 Å². The van der Waals surface area contributed by atoms with Gasteiger partial charge in [0.25, 0.3) is 5.91 Å². The van der Waals surface area contributed by atoms with Crippen LogP contribution in [0.25, 0.3) is 0 Å². The van der Waals surface area contributed by atoms with E-state index in [-0.39, 0.29) is 5.57 Å². The number of hydrogen-bond acceptors (Lipinski definition) is 5. The molecule has 6 heteroatoms. The summed E-state index contributed by atoms with van der Waals surface area (Å²) in [6.45, 7) is 3.24. The first-order valence-corrected chi connectivity index (χ1v) is 3.78. The van der Waals surface area contributed by atoms with Crippen molar-refractivity contribution in [3.63, 3.8) is 0 Å². The average molecular weight is 180 g/mol. The predicted octanol–water partition coefficient (Wildman–Crippen LogP) is 0.556. The number of aromatic nitrogens is 2. The molecule has 0 spiro atoms. The molecule has 1 heterocycles. The number of rotatable bonds is 2. The molecule has 1 aromatic rings. The van der Waals surface area contributed by atoms with Crippen LogP contribution in [0.15, 0.2) is 17.7 Å². The van der Waals surface area contributed by atoms with Crippen molar-refractivity contribution in [2.24, 2.45) is 0 Å². The lowest BCUT2D eigenvalue weighted by atomic mass is 10.3. The SMILES string of the molecule is C=C(C#N)C(=O)Nc1nncs1. The molecule has 0 radical (unpaired) electrons. The molecule has 0 bridgehead atoms. The Morgan fingerprint density at radius 2 is 2.58 bits per heavy atom. The van der Waals surface area contributed by atoms with Crippen molar-refractivity contribution in [3.8, 4) is 6.07 Å². The second kappa shape index (κ2) is 3.59. The number of hydrogen-bond donors (Lipinski definition) is 1. The maximum absolute atomic E-state index is 10.9. The van der Waals surface area contributed by atoms with Gasteiger partial charge >= 0.3 is 0 Å². The number of nitrogens with one attached hydrogen (secondary N) is 1. The third-order valence-electron chi connectivity index (χ3n) is 0.990. The Labute approximate surface area is 72.4 Å². The molecule has 0 unspecified atom stereocenters. The lowest BCUT2D eigenvalue weighted by molar-refractivity contribution is -0.112. The van der Waals surface area contributed by atoms with E-state index in [9.17, 15) is 4.79 Å². The molecule has 1 amide bonds. The summed E-state index contributed by atoms with van der Waals surface area (Å²) in [4.78, 5) is 10.9. The van der Waals surface area contributed by atoms with Gasteiger partial charge < -0.3 is 0 Å². The van der Waals surface area contributed by atoms with E-state index in [4.69, 9.17) is 5.26 Å². The van der Waals surface area contributed by atoms with Crippen molar-refractivity contribution in [1.29, 1.82) is 5.26 Å². The van der Waals surface area contributed by atoms with Gasteiger partial charge in [-0.2, -0.15) is 5.26 Å². The first kappa shape index (κ1) is 8.36. The molecule has 1 aromatic heterocycles. The van der Waals surface area contributed by atoms with Crippen molar-refractivity contribution in [2.45, 2.75) is 0 Å². The van der Waals surface area contributed by atoms with Crippen molar-refractivity contribution in [2.75, 3.05) is 5.32 Å². The number of carbonyl (C=O) groups excluding carboxylic acids is 1. The Morgan fingerprint density at radius 1 is 1.83 bits per heavy atom. The van der Waals surface area contributed by atoms with Crippen LogP contribution in [0.4, 0.5) is 5.13 Å². The lowest BCUT2D eigenvalue weighted by Crippen LogP contribution is -2.12. The first-order valence-electron chi connectivity index (χ1n) is 2.90. The van der Waals surface area contributed by atoms with Crippen LogP contribution >= 0.6 is 11.3 Å².